The quantitative estimate of drug-likeness (QED) is 0.0299. The van der Waals surface area contributed by atoms with Gasteiger partial charge in [0, 0.05) is 11.5 Å². The van der Waals surface area contributed by atoms with E-state index < -0.39 is 0 Å². The van der Waals surface area contributed by atoms with Gasteiger partial charge in [-0.05, 0) is 5.53 Å². The average Bonchev–Trinajstić information content (AvgIpc) is 3.40. The second-order valence-corrected chi connectivity index (χ2v) is 14.2. The number of azide groups is 1. The zero-order valence-corrected chi connectivity index (χ0v) is 44.3. The van der Waals surface area contributed by atoms with E-state index in [0.29, 0.717) is 284 Å². The third-order valence-electron chi connectivity index (χ3n) is 8.25. The van der Waals surface area contributed by atoms with Crippen LogP contribution < -0.4 is 0 Å². The third-order valence-corrected chi connectivity index (χ3v) is 8.25. The monoisotopic (exact) mass is 1070 g/mol. The lowest BCUT2D eigenvalue weighted by Gasteiger charge is -2.09. The summed E-state index contributed by atoms with van der Waals surface area (Å²) in [5.74, 6) is 2.40. The summed E-state index contributed by atoms with van der Waals surface area (Å²) in [5, 5.41) is 11.9. The largest absolute Gasteiger partial charge is 0.394 e. The van der Waals surface area contributed by atoms with Crippen molar-refractivity contribution in [3.8, 4) is 12.3 Å². The van der Waals surface area contributed by atoms with Crippen LogP contribution in [0.5, 0.6) is 0 Å². The highest BCUT2D eigenvalue weighted by Gasteiger charge is 1.99. The Bertz CT molecular complexity index is 1070. The Morgan fingerprint density at radius 3 is 0.562 bits per heavy atom. The van der Waals surface area contributed by atoms with Gasteiger partial charge in [0.2, 0.25) is 0 Å². The first-order chi connectivity index (χ1) is 36.3. The molecule has 0 aromatic heterocycles. The first-order valence-corrected chi connectivity index (χ1v) is 25.5. The molecule has 0 radical (unpaired) electrons. The highest BCUT2D eigenvalue weighted by molar-refractivity contribution is 4.82. The molecule has 73 heavy (non-hydrogen) atoms. The van der Waals surface area contributed by atoms with Crippen molar-refractivity contribution in [1.82, 2.24) is 0 Å². The van der Waals surface area contributed by atoms with Crippen LogP contribution in [0.4, 0.5) is 0 Å². The fraction of sp³-hybridized carbons (Fsp3) is 0.958. The van der Waals surface area contributed by atoms with Crippen LogP contribution in [0.25, 0.3) is 10.4 Å². The van der Waals surface area contributed by atoms with Crippen molar-refractivity contribution in [2.45, 2.75) is 13.3 Å². The highest BCUT2D eigenvalue weighted by atomic mass is 16.6. The first kappa shape index (κ1) is 73.1. The number of hydrogen-bond acceptors (Lipinski definition) is 23. The van der Waals surface area contributed by atoms with Gasteiger partial charge < -0.3 is 105 Å². The van der Waals surface area contributed by atoms with E-state index >= 15 is 0 Å². The fourth-order valence-corrected chi connectivity index (χ4v) is 4.74. The molecule has 25 nitrogen and oxygen atoms in total. The zero-order valence-electron chi connectivity index (χ0n) is 44.3. The van der Waals surface area contributed by atoms with Crippen molar-refractivity contribution in [3.63, 3.8) is 0 Å². The second kappa shape index (κ2) is 74.2. The molecule has 0 atom stereocenters. The van der Waals surface area contributed by atoms with E-state index in [0.717, 1.165) is 6.42 Å². The Morgan fingerprint density at radius 1 is 0.301 bits per heavy atom. The Kier molecular flexibility index (Phi) is 74.3. The molecule has 0 unspecified atom stereocenters. The highest BCUT2D eigenvalue weighted by Crippen LogP contribution is 1.90. The minimum absolute atomic E-state index is 0.0190. The van der Waals surface area contributed by atoms with Gasteiger partial charge in [0.15, 0.2) is 0 Å². The minimum Gasteiger partial charge on any atom is -0.394 e. The van der Waals surface area contributed by atoms with Gasteiger partial charge in [0.25, 0.3) is 0 Å². The summed E-state index contributed by atoms with van der Waals surface area (Å²) in [5.41, 5.74) is 7.66. The molecular formula is C48H95N3O22. The molecule has 0 saturated heterocycles. The summed E-state index contributed by atoms with van der Waals surface area (Å²) in [6.07, 6.45) is 6.03. The Hall–Kier alpha value is -2.01. The van der Waals surface area contributed by atoms with Gasteiger partial charge in [-0.3, -0.25) is 0 Å². The second-order valence-electron chi connectivity index (χ2n) is 14.2. The van der Waals surface area contributed by atoms with Crippen LogP contribution in [0.2, 0.25) is 0 Å². The number of ether oxygens (including phenoxy) is 21. The number of hydrogen-bond donors (Lipinski definition) is 1. The van der Waals surface area contributed by atoms with Crippen molar-refractivity contribution in [3.05, 3.63) is 10.4 Å². The Labute approximate surface area is 435 Å². The lowest BCUT2D eigenvalue weighted by molar-refractivity contribution is -0.0316. The molecule has 0 aromatic carbocycles. The maximum absolute atomic E-state index is 8.60. The van der Waals surface area contributed by atoms with Gasteiger partial charge in [-0.2, -0.15) is 0 Å². The normalized spacial score (nSPS) is 11.2. The molecule has 0 saturated carbocycles. The molecule has 0 aliphatic heterocycles. The van der Waals surface area contributed by atoms with E-state index in [2.05, 4.69) is 15.9 Å². The smallest absolute Gasteiger partial charge is 0.107 e. The average molecular weight is 1070 g/mol. The lowest BCUT2D eigenvalue weighted by atomic mass is 10.5. The number of aliphatic hydroxyl groups excluding tert-OH is 1. The Morgan fingerprint density at radius 2 is 0.452 bits per heavy atom. The van der Waals surface area contributed by atoms with Gasteiger partial charge in [0.05, 0.1) is 277 Å². The summed E-state index contributed by atoms with van der Waals surface area (Å²) >= 11 is 0. The van der Waals surface area contributed by atoms with Crippen LogP contribution in [-0.4, -0.2) is 296 Å². The van der Waals surface area contributed by atoms with Gasteiger partial charge in [-0.25, -0.2) is 0 Å². The number of rotatable bonds is 65. The molecule has 0 fully saturated rings. The molecule has 0 aromatic rings. The standard InChI is InChI=1S/C45H88O22.C3H7N3/c1-2-4-47-6-8-49-10-12-51-14-16-53-18-20-55-22-24-57-26-28-59-30-32-61-34-36-63-38-40-65-42-44-67-45-43-66-41-39-64-37-35-62-33-31-60-29-27-58-25-23-56-21-19-54-17-15-52-13-11-50-9-7-48-5-3-46;1-2-3-5-6-4/h1,46H,3-45H2;2-3H2,1H3. The molecule has 25 heteroatoms. The molecular weight excluding hydrogens is 971 g/mol. The van der Waals surface area contributed by atoms with Crippen LogP contribution in [0.1, 0.15) is 13.3 Å². The summed E-state index contributed by atoms with van der Waals surface area (Å²) in [6, 6.07) is 0. The van der Waals surface area contributed by atoms with E-state index in [4.69, 9.17) is 117 Å². The van der Waals surface area contributed by atoms with E-state index in [1.165, 1.54) is 0 Å². The summed E-state index contributed by atoms with van der Waals surface area (Å²) in [6.45, 7) is 22.9. The molecule has 0 aliphatic carbocycles. The van der Waals surface area contributed by atoms with Crippen LogP contribution in [0, 0.1) is 12.3 Å². The van der Waals surface area contributed by atoms with Crippen LogP contribution in [0.3, 0.4) is 0 Å². The minimum atomic E-state index is 0.0190. The van der Waals surface area contributed by atoms with E-state index in [1.54, 1.807) is 0 Å². The van der Waals surface area contributed by atoms with Gasteiger partial charge in [-0.1, -0.05) is 24.4 Å². The van der Waals surface area contributed by atoms with Crippen molar-refractivity contribution in [1.29, 1.82) is 0 Å². The maximum Gasteiger partial charge on any atom is 0.107 e. The van der Waals surface area contributed by atoms with Crippen molar-refractivity contribution < 1.29 is 105 Å². The van der Waals surface area contributed by atoms with E-state index in [9.17, 15) is 0 Å². The van der Waals surface area contributed by atoms with Crippen molar-refractivity contribution in [2.75, 3.05) is 291 Å². The zero-order chi connectivity index (χ0) is 52.8. The predicted molar refractivity (Wildman–Crippen MR) is 267 cm³/mol. The molecule has 0 spiro atoms. The maximum atomic E-state index is 8.60. The predicted octanol–water partition coefficient (Wildman–Crippen LogP) is 1.67. The van der Waals surface area contributed by atoms with Crippen LogP contribution in [-0.2, 0) is 99.5 Å². The summed E-state index contributed by atoms with van der Waals surface area (Å²) < 4.78 is 114. The van der Waals surface area contributed by atoms with Crippen LogP contribution in [0.15, 0.2) is 5.11 Å². The van der Waals surface area contributed by atoms with Crippen molar-refractivity contribution in [2.24, 2.45) is 5.11 Å². The molecule has 0 aliphatic rings. The van der Waals surface area contributed by atoms with Gasteiger partial charge in [-0.15, -0.1) is 6.42 Å². The van der Waals surface area contributed by atoms with E-state index in [-0.39, 0.29) is 6.61 Å². The third kappa shape index (κ3) is 76.6. The molecule has 0 amide bonds. The van der Waals surface area contributed by atoms with Crippen molar-refractivity contribution >= 4 is 0 Å². The first-order valence-electron chi connectivity index (χ1n) is 25.5. The van der Waals surface area contributed by atoms with Crippen LogP contribution >= 0.6 is 0 Å². The SMILES string of the molecule is C#CCOCCOCCOCCOCCOCCOCCOCCOCCOCCOCCOCCOCCOCCOCCOCCOCCOCCOCCOCCOCCOCCO.CCCN=[N+]=[N-]. The van der Waals surface area contributed by atoms with Gasteiger partial charge >= 0.3 is 0 Å². The number of nitrogens with zero attached hydrogens (tertiary/aromatic N) is 3. The summed E-state index contributed by atoms with van der Waals surface area (Å²) in [4.78, 5) is 2.55. The van der Waals surface area contributed by atoms with E-state index in [1.807, 2.05) is 6.92 Å². The number of aliphatic hydroxyl groups is 1. The summed E-state index contributed by atoms with van der Waals surface area (Å²) in [7, 11) is 0. The number of terminal acetylenes is 1. The lowest BCUT2D eigenvalue weighted by Crippen LogP contribution is -2.16. The molecule has 0 heterocycles. The molecule has 1 N–H and O–H groups in total. The molecule has 0 bridgehead atoms. The fourth-order valence-electron chi connectivity index (χ4n) is 4.74. The molecule has 434 valence electrons. The molecule has 0 rings (SSSR count). The van der Waals surface area contributed by atoms with Gasteiger partial charge in [0.1, 0.15) is 6.61 Å². The topological polar surface area (TPSA) is 263 Å². The Balaban J connectivity index is 0.